The van der Waals surface area contributed by atoms with E-state index in [1.807, 2.05) is 0 Å². The Morgan fingerprint density at radius 2 is 1.80 bits per heavy atom. The number of nitrogens with zero attached hydrogens (tertiary/aromatic N) is 1. The van der Waals surface area contributed by atoms with Gasteiger partial charge in [0.2, 0.25) is 0 Å². The lowest BCUT2D eigenvalue weighted by atomic mass is 9.89. The van der Waals surface area contributed by atoms with Gasteiger partial charge in [0.15, 0.2) is 0 Å². The minimum absolute atomic E-state index is 0.178. The first kappa shape index (κ1) is 17.7. The third-order valence-corrected chi connectivity index (χ3v) is 4.95. The van der Waals surface area contributed by atoms with E-state index in [9.17, 15) is 4.39 Å². The van der Waals surface area contributed by atoms with Crippen molar-refractivity contribution in [3.63, 3.8) is 0 Å². The SMILES string of the molecule is CCCC1CNCCC1n1ccc2ccccc21.Fc1ccccc1. The van der Waals surface area contributed by atoms with E-state index in [2.05, 4.69) is 53.3 Å². The fraction of sp³-hybridized carbons (Fsp3) is 0.364. The molecule has 0 bridgehead atoms. The summed E-state index contributed by atoms with van der Waals surface area (Å²) in [5.41, 5.74) is 1.39. The third kappa shape index (κ3) is 4.49. The van der Waals surface area contributed by atoms with Crippen molar-refractivity contribution in [2.75, 3.05) is 13.1 Å². The normalized spacial score (nSPS) is 20.1. The molecule has 0 aliphatic carbocycles. The third-order valence-electron chi connectivity index (χ3n) is 4.95. The van der Waals surface area contributed by atoms with Crippen molar-refractivity contribution < 1.29 is 4.39 Å². The topological polar surface area (TPSA) is 17.0 Å². The van der Waals surface area contributed by atoms with Crippen LogP contribution in [0.4, 0.5) is 4.39 Å². The molecule has 0 amide bonds. The Kier molecular flexibility index (Phi) is 6.24. The smallest absolute Gasteiger partial charge is 0.123 e. The summed E-state index contributed by atoms with van der Waals surface area (Å²) >= 11 is 0. The van der Waals surface area contributed by atoms with Crippen molar-refractivity contribution in [3.8, 4) is 0 Å². The number of piperidine rings is 1. The first-order valence-corrected chi connectivity index (χ1v) is 9.26. The highest BCUT2D eigenvalue weighted by Crippen LogP contribution is 2.31. The highest BCUT2D eigenvalue weighted by Gasteiger charge is 2.26. The Morgan fingerprint density at radius 1 is 1.04 bits per heavy atom. The molecule has 2 atom stereocenters. The van der Waals surface area contributed by atoms with Crippen LogP contribution < -0.4 is 5.32 Å². The summed E-state index contributed by atoms with van der Waals surface area (Å²) in [6.45, 7) is 4.61. The highest BCUT2D eigenvalue weighted by atomic mass is 19.1. The van der Waals surface area contributed by atoms with E-state index in [0.29, 0.717) is 6.04 Å². The fourth-order valence-electron chi connectivity index (χ4n) is 3.75. The number of aromatic nitrogens is 1. The van der Waals surface area contributed by atoms with Crippen LogP contribution in [0.2, 0.25) is 0 Å². The van der Waals surface area contributed by atoms with Crippen molar-refractivity contribution in [3.05, 3.63) is 72.7 Å². The molecule has 0 saturated carbocycles. The maximum absolute atomic E-state index is 11.9. The van der Waals surface area contributed by atoms with E-state index in [1.54, 1.807) is 18.2 Å². The summed E-state index contributed by atoms with van der Waals surface area (Å²) in [6.07, 6.45) is 6.14. The minimum Gasteiger partial charge on any atom is -0.344 e. The molecule has 1 N–H and O–H groups in total. The number of rotatable bonds is 3. The van der Waals surface area contributed by atoms with Crippen LogP contribution in [0.25, 0.3) is 10.9 Å². The van der Waals surface area contributed by atoms with Crippen LogP contribution in [0, 0.1) is 11.7 Å². The molecular formula is C22H27FN2. The first-order chi connectivity index (χ1) is 12.3. The molecular weight excluding hydrogens is 311 g/mol. The summed E-state index contributed by atoms with van der Waals surface area (Å²) in [5, 5.41) is 4.91. The lowest BCUT2D eigenvalue weighted by molar-refractivity contribution is 0.246. The maximum atomic E-state index is 11.9. The lowest BCUT2D eigenvalue weighted by Crippen LogP contribution is -2.37. The number of nitrogens with one attached hydrogen (secondary N) is 1. The summed E-state index contributed by atoms with van der Waals surface area (Å²) in [6, 6.07) is 19.6. The molecule has 1 aliphatic heterocycles. The van der Waals surface area contributed by atoms with Crippen LogP contribution in [0.15, 0.2) is 66.9 Å². The van der Waals surface area contributed by atoms with Gasteiger partial charge in [-0.2, -0.15) is 0 Å². The monoisotopic (exact) mass is 338 g/mol. The molecule has 0 radical (unpaired) electrons. The zero-order valence-electron chi connectivity index (χ0n) is 14.9. The van der Waals surface area contributed by atoms with E-state index >= 15 is 0 Å². The van der Waals surface area contributed by atoms with E-state index in [1.165, 1.54) is 48.8 Å². The number of benzene rings is 2. The standard InChI is InChI=1S/C16H22N2.C6H5F/c1-2-5-14-12-17-10-8-16(14)18-11-9-13-6-3-4-7-15(13)18;7-6-4-2-1-3-5-6/h3-4,6-7,9,11,14,16-17H,2,5,8,10,12H2,1H3;1-5H. The summed E-state index contributed by atoms with van der Waals surface area (Å²) in [5.74, 6) is 0.599. The summed E-state index contributed by atoms with van der Waals surface area (Å²) in [7, 11) is 0. The molecule has 2 unspecified atom stereocenters. The largest absolute Gasteiger partial charge is 0.344 e. The molecule has 2 heterocycles. The molecule has 25 heavy (non-hydrogen) atoms. The molecule has 1 saturated heterocycles. The lowest BCUT2D eigenvalue weighted by Gasteiger charge is -2.33. The number of halogens is 1. The van der Waals surface area contributed by atoms with Crippen LogP contribution in [0.3, 0.4) is 0 Å². The molecule has 0 spiro atoms. The van der Waals surface area contributed by atoms with Crippen LogP contribution in [0.5, 0.6) is 0 Å². The quantitative estimate of drug-likeness (QED) is 0.675. The first-order valence-electron chi connectivity index (χ1n) is 9.26. The van der Waals surface area contributed by atoms with Gasteiger partial charge in [0.1, 0.15) is 5.82 Å². The Balaban J connectivity index is 0.000000219. The van der Waals surface area contributed by atoms with Gasteiger partial charge < -0.3 is 9.88 Å². The predicted molar refractivity (Wildman–Crippen MR) is 103 cm³/mol. The molecule has 2 nitrogen and oxygen atoms in total. The van der Waals surface area contributed by atoms with Crippen LogP contribution in [0.1, 0.15) is 32.2 Å². The van der Waals surface area contributed by atoms with Crippen molar-refractivity contribution in [1.29, 1.82) is 0 Å². The number of hydrogen-bond acceptors (Lipinski definition) is 1. The number of hydrogen-bond donors (Lipinski definition) is 1. The fourth-order valence-corrected chi connectivity index (χ4v) is 3.75. The van der Waals surface area contributed by atoms with Gasteiger partial charge in [0, 0.05) is 17.8 Å². The molecule has 2 aromatic carbocycles. The zero-order chi connectivity index (χ0) is 17.5. The van der Waals surface area contributed by atoms with Gasteiger partial charge in [-0.25, -0.2) is 4.39 Å². The van der Waals surface area contributed by atoms with Crippen molar-refractivity contribution in [1.82, 2.24) is 9.88 Å². The maximum Gasteiger partial charge on any atom is 0.123 e. The molecule has 132 valence electrons. The molecule has 1 fully saturated rings. The predicted octanol–water partition coefficient (Wildman–Crippen LogP) is 5.42. The Bertz CT molecular complexity index is 764. The number of para-hydroxylation sites is 1. The van der Waals surface area contributed by atoms with Gasteiger partial charge in [-0.3, -0.25) is 0 Å². The second-order valence-corrected chi connectivity index (χ2v) is 6.69. The Morgan fingerprint density at radius 3 is 2.52 bits per heavy atom. The van der Waals surface area contributed by atoms with Gasteiger partial charge >= 0.3 is 0 Å². The second-order valence-electron chi connectivity index (χ2n) is 6.69. The average Bonchev–Trinajstić information content (AvgIpc) is 3.08. The molecule has 1 aromatic heterocycles. The van der Waals surface area contributed by atoms with Crippen molar-refractivity contribution in [2.24, 2.45) is 5.92 Å². The van der Waals surface area contributed by atoms with Gasteiger partial charge in [0.05, 0.1) is 0 Å². The van der Waals surface area contributed by atoms with Crippen molar-refractivity contribution >= 4 is 10.9 Å². The van der Waals surface area contributed by atoms with Crippen LogP contribution in [-0.2, 0) is 0 Å². The van der Waals surface area contributed by atoms with Gasteiger partial charge in [-0.1, -0.05) is 49.7 Å². The average molecular weight is 338 g/mol. The Hall–Kier alpha value is -2.13. The summed E-state index contributed by atoms with van der Waals surface area (Å²) < 4.78 is 14.4. The second kappa shape index (κ2) is 8.82. The molecule has 1 aliphatic rings. The Labute approximate surface area is 149 Å². The van der Waals surface area contributed by atoms with Gasteiger partial charge in [0.25, 0.3) is 0 Å². The zero-order valence-corrected chi connectivity index (χ0v) is 14.9. The highest BCUT2D eigenvalue weighted by molar-refractivity contribution is 5.80. The molecule has 4 rings (SSSR count). The van der Waals surface area contributed by atoms with Crippen LogP contribution in [-0.4, -0.2) is 17.7 Å². The minimum atomic E-state index is -0.178. The van der Waals surface area contributed by atoms with E-state index in [-0.39, 0.29) is 5.82 Å². The number of fused-ring (bicyclic) bond motifs is 1. The van der Waals surface area contributed by atoms with E-state index in [4.69, 9.17) is 0 Å². The van der Waals surface area contributed by atoms with Crippen LogP contribution >= 0.6 is 0 Å². The molecule has 3 heteroatoms. The molecule has 3 aromatic rings. The van der Waals surface area contributed by atoms with E-state index in [0.717, 1.165) is 12.5 Å². The van der Waals surface area contributed by atoms with Crippen molar-refractivity contribution in [2.45, 2.75) is 32.2 Å². The van der Waals surface area contributed by atoms with Gasteiger partial charge in [-0.05, 0) is 61.5 Å². The summed E-state index contributed by atoms with van der Waals surface area (Å²) in [4.78, 5) is 0. The van der Waals surface area contributed by atoms with Gasteiger partial charge in [-0.15, -0.1) is 0 Å². The van der Waals surface area contributed by atoms with E-state index < -0.39 is 0 Å².